The van der Waals surface area contributed by atoms with Crippen molar-refractivity contribution in [2.24, 2.45) is 0 Å². The number of phenols is 1. The summed E-state index contributed by atoms with van der Waals surface area (Å²) in [6.07, 6.45) is 0.211. The molecule has 116 valence electrons. The molecule has 0 aliphatic carbocycles. The summed E-state index contributed by atoms with van der Waals surface area (Å²) in [6.45, 7) is 3.00. The molecule has 2 aromatic carbocycles. The molecule has 0 bridgehead atoms. The predicted molar refractivity (Wildman–Crippen MR) is 85.9 cm³/mol. The van der Waals surface area contributed by atoms with E-state index in [1.165, 1.54) is 0 Å². The van der Waals surface area contributed by atoms with Crippen LogP contribution < -0.4 is 4.74 Å². The van der Waals surface area contributed by atoms with E-state index >= 15 is 0 Å². The molecule has 0 unspecified atom stereocenters. The normalized spacial score (nSPS) is 10.3. The molecule has 4 nitrogen and oxygen atoms in total. The highest BCUT2D eigenvalue weighted by Crippen LogP contribution is 2.25. The van der Waals surface area contributed by atoms with Gasteiger partial charge in [0.05, 0.1) is 6.42 Å². The van der Waals surface area contributed by atoms with Gasteiger partial charge in [-0.05, 0) is 30.7 Å². The SMILES string of the molecule is CCN(C)C(=O)Cc1cc(O)ccc1OCc1ccccc1. The first-order valence-electron chi connectivity index (χ1n) is 7.32. The van der Waals surface area contributed by atoms with Crippen molar-refractivity contribution in [1.29, 1.82) is 0 Å². The van der Waals surface area contributed by atoms with E-state index in [0.29, 0.717) is 24.5 Å². The van der Waals surface area contributed by atoms with Gasteiger partial charge in [-0.15, -0.1) is 0 Å². The number of nitrogens with zero attached hydrogens (tertiary/aromatic N) is 1. The number of phenolic OH excluding ortho intramolecular Hbond substituents is 1. The minimum absolute atomic E-state index is 0.00217. The summed E-state index contributed by atoms with van der Waals surface area (Å²) >= 11 is 0. The molecule has 22 heavy (non-hydrogen) atoms. The number of carbonyl (C=O) groups is 1. The lowest BCUT2D eigenvalue weighted by atomic mass is 10.1. The first-order chi connectivity index (χ1) is 10.6. The quantitative estimate of drug-likeness (QED) is 0.892. The molecule has 0 spiro atoms. The van der Waals surface area contributed by atoms with Crippen molar-refractivity contribution < 1.29 is 14.6 Å². The van der Waals surface area contributed by atoms with Crippen LogP contribution in [0.4, 0.5) is 0 Å². The van der Waals surface area contributed by atoms with Crippen molar-refractivity contribution in [3.8, 4) is 11.5 Å². The van der Waals surface area contributed by atoms with Gasteiger partial charge in [0.15, 0.2) is 0 Å². The van der Waals surface area contributed by atoms with Gasteiger partial charge in [0, 0.05) is 19.2 Å². The second-order valence-electron chi connectivity index (χ2n) is 5.15. The third-order valence-corrected chi connectivity index (χ3v) is 3.52. The van der Waals surface area contributed by atoms with Gasteiger partial charge in [-0.1, -0.05) is 30.3 Å². The molecule has 2 aromatic rings. The molecule has 0 saturated carbocycles. The molecule has 2 rings (SSSR count). The summed E-state index contributed by atoms with van der Waals surface area (Å²) in [7, 11) is 1.76. The maximum atomic E-state index is 12.1. The van der Waals surface area contributed by atoms with Crippen molar-refractivity contribution in [2.45, 2.75) is 20.0 Å². The van der Waals surface area contributed by atoms with Gasteiger partial charge in [0.25, 0.3) is 0 Å². The minimum Gasteiger partial charge on any atom is -0.508 e. The summed E-state index contributed by atoms with van der Waals surface area (Å²) in [5.74, 6) is 0.756. The van der Waals surface area contributed by atoms with Crippen LogP contribution in [0, 0.1) is 0 Å². The number of rotatable bonds is 6. The van der Waals surface area contributed by atoms with Crippen LogP contribution in [-0.2, 0) is 17.8 Å². The summed E-state index contributed by atoms with van der Waals surface area (Å²) < 4.78 is 5.81. The largest absolute Gasteiger partial charge is 0.508 e. The highest BCUT2D eigenvalue weighted by atomic mass is 16.5. The fraction of sp³-hybridized carbons (Fsp3) is 0.278. The standard InChI is InChI=1S/C18H21NO3/c1-3-19(2)18(21)12-15-11-16(20)9-10-17(15)22-13-14-7-5-4-6-8-14/h4-11,20H,3,12-13H2,1-2H3. The first-order valence-corrected chi connectivity index (χ1v) is 7.32. The average molecular weight is 299 g/mol. The molecule has 0 aliphatic heterocycles. The zero-order valence-corrected chi connectivity index (χ0v) is 13.0. The second kappa shape index (κ2) is 7.50. The van der Waals surface area contributed by atoms with E-state index in [2.05, 4.69) is 0 Å². The maximum absolute atomic E-state index is 12.1. The number of aromatic hydroxyl groups is 1. The molecular weight excluding hydrogens is 278 g/mol. The Hall–Kier alpha value is -2.49. The summed E-state index contributed by atoms with van der Waals surface area (Å²) in [4.78, 5) is 13.7. The lowest BCUT2D eigenvalue weighted by molar-refractivity contribution is -0.129. The Morgan fingerprint density at radius 2 is 1.91 bits per heavy atom. The van der Waals surface area contributed by atoms with Crippen LogP contribution in [0.2, 0.25) is 0 Å². The van der Waals surface area contributed by atoms with Crippen LogP contribution in [0.5, 0.6) is 11.5 Å². The number of hydrogen-bond acceptors (Lipinski definition) is 3. The van der Waals surface area contributed by atoms with Gasteiger partial charge >= 0.3 is 0 Å². The van der Waals surface area contributed by atoms with Crippen LogP contribution >= 0.6 is 0 Å². The van der Waals surface area contributed by atoms with Crippen LogP contribution in [0.3, 0.4) is 0 Å². The molecule has 0 atom stereocenters. The number of ether oxygens (including phenoxy) is 1. The minimum atomic E-state index is -0.00217. The van der Waals surface area contributed by atoms with Crippen molar-refractivity contribution in [1.82, 2.24) is 4.90 Å². The van der Waals surface area contributed by atoms with Crippen LogP contribution in [0.15, 0.2) is 48.5 Å². The fourth-order valence-electron chi connectivity index (χ4n) is 2.05. The van der Waals surface area contributed by atoms with E-state index < -0.39 is 0 Å². The van der Waals surface area contributed by atoms with Crippen molar-refractivity contribution >= 4 is 5.91 Å². The number of hydrogen-bond donors (Lipinski definition) is 1. The molecule has 0 radical (unpaired) electrons. The number of carbonyl (C=O) groups excluding carboxylic acids is 1. The van der Waals surface area contributed by atoms with Crippen LogP contribution in [0.1, 0.15) is 18.1 Å². The van der Waals surface area contributed by atoms with Crippen LogP contribution in [0.25, 0.3) is 0 Å². The van der Waals surface area contributed by atoms with E-state index in [-0.39, 0.29) is 18.1 Å². The van der Waals surface area contributed by atoms with Gasteiger partial charge in [-0.3, -0.25) is 4.79 Å². The van der Waals surface area contributed by atoms with E-state index in [1.807, 2.05) is 37.3 Å². The zero-order chi connectivity index (χ0) is 15.9. The Labute approximate surface area is 131 Å². The molecule has 0 heterocycles. The van der Waals surface area contributed by atoms with Gasteiger partial charge in [0.1, 0.15) is 18.1 Å². The number of amides is 1. The number of benzene rings is 2. The molecule has 4 heteroatoms. The molecule has 0 fully saturated rings. The lowest BCUT2D eigenvalue weighted by Gasteiger charge is -2.16. The first kappa shape index (κ1) is 15.9. The van der Waals surface area contributed by atoms with E-state index in [1.54, 1.807) is 30.1 Å². The third kappa shape index (κ3) is 4.25. The molecule has 0 aromatic heterocycles. The molecule has 0 aliphatic rings. The van der Waals surface area contributed by atoms with E-state index in [9.17, 15) is 9.90 Å². The second-order valence-corrected chi connectivity index (χ2v) is 5.15. The Bertz CT molecular complexity index is 625. The topological polar surface area (TPSA) is 49.8 Å². The van der Waals surface area contributed by atoms with E-state index in [0.717, 1.165) is 5.56 Å². The van der Waals surface area contributed by atoms with Crippen molar-refractivity contribution in [3.63, 3.8) is 0 Å². The highest BCUT2D eigenvalue weighted by Gasteiger charge is 2.13. The Morgan fingerprint density at radius 1 is 1.18 bits per heavy atom. The molecule has 1 amide bonds. The summed E-state index contributed by atoms with van der Waals surface area (Å²) in [5.41, 5.74) is 1.75. The van der Waals surface area contributed by atoms with E-state index in [4.69, 9.17) is 4.74 Å². The monoisotopic (exact) mass is 299 g/mol. The van der Waals surface area contributed by atoms with Crippen LogP contribution in [-0.4, -0.2) is 29.5 Å². The fourth-order valence-corrected chi connectivity index (χ4v) is 2.05. The van der Waals surface area contributed by atoms with Gasteiger partial charge in [0.2, 0.25) is 5.91 Å². The predicted octanol–water partition coefficient (Wildman–Crippen LogP) is 2.99. The van der Waals surface area contributed by atoms with Gasteiger partial charge in [-0.25, -0.2) is 0 Å². The zero-order valence-electron chi connectivity index (χ0n) is 13.0. The van der Waals surface area contributed by atoms with Crippen molar-refractivity contribution in [3.05, 3.63) is 59.7 Å². The Kier molecular flexibility index (Phi) is 5.42. The van der Waals surface area contributed by atoms with Crippen molar-refractivity contribution in [2.75, 3.05) is 13.6 Å². The molecule has 0 saturated heterocycles. The lowest BCUT2D eigenvalue weighted by Crippen LogP contribution is -2.27. The average Bonchev–Trinajstić information content (AvgIpc) is 2.54. The number of likely N-dealkylation sites (N-methyl/N-ethyl adjacent to an activating group) is 1. The van der Waals surface area contributed by atoms with Gasteiger partial charge < -0.3 is 14.7 Å². The third-order valence-electron chi connectivity index (χ3n) is 3.52. The summed E-state index contributed by atoms with van der Waals surface area (Å²) in [5, 5.41) is 9.65. The highest BCUT2D eigenvalue weighted by molar-refractivity contribution is 5.79. The maximum Gasteiger partial charge on any atom is 0.226 e. The Morgan fingerprint density at radius 3 is 2.59 bits per heavy atom. The smallest absolute Gasteiger partial charge is 0.226 e. The molecule has 1 N–H and O–H groups in total. The summed E-state index contributed by atoms with van der Waals surface area (Å²) in [6, 6.07) is 14.7. The Balaban J connectivity index is 2.12. The molecular formula is C18H21NO3. The van der Waals surface area contributed by atoms with Gasteiger partial charge in [-0.2, -0.15) is 0 Å².